The standard InChI is InChI=1S/C15H17N3O2S/c1-11(21(17,19)20)9-12-3-5-13(6-4-12)15-8-7-14(10-16)18(15)2/h3-8,11H,9H2,1-2H3,(H2,17,19,20). The van der Waals surface area contributed by atoms with Crippen LogP contribution in [0.1, 0.15) is 18.2 Å². The van der Waals surface area contributed by atoms with E-state index in [0.29, 0.717) is 12.1 Å². The van der Waals surface area contributed by atoms with Gasteiger partial charge in [-0.3, -0.25) is 0 Å². The van der Waals surface area contributed by atoms with Crippen molar-refractivity contribution in [2.24, 2.45) is 12.2 Å². The molecule has 0 bridgehead atoms. The highest BCUT2D eigenvalue weighted by atomic mass is 32.2. The van der Waals surface area contributed by atoms with Gasteiger partial charge in [-0.05, 0) is 36.6 Å². The molecule has 6 heteroatoms. The Bertz CT molecular complexity index is 783. The van der Waals surface area contributed by atoms with E-state index < -0.39 is 15.3 Å². The first-order valence-corrected chi connectivity index (χ1v) is 8.10. The quantitative estimate of drug-likeness (QED) is 0.933. The zero-order valence-electron chi connectivity index (χ0n) is 11.9. The maximum Gasteiger partial charge on any atom is 0.212 e. The monoisotopic (exact) mass is 303 g/mol. The van der Waals surface area contributed by atoms with Crippen molar-refractivity contribution in [2.75, 3.05) is 0 Å². The average Bonchev–Trinajstić information content (AvgIpc) is 2.79. The van der Waals surface area contributed by atoms with Crippen LogP contribution in [0.4, 0.5) is 0 Å². The molecule has 0 aliphatic heterocycles. The van der Waals surface area contributed by atoms with Crippen LogP contribution in [-0.4, -0.2) is 18.2 Å². The van der Waals surface area contributed by atoms with E-state index in [1.54, 1.807) is 13.0 Å². The number of hydrogen-bond acceptors (Lipinski definition) is 3. The van der Waals surface area contributed by atoms with Gasteiger partial charge in [0.1, 0.15) is 11.8 Å². The van der Waals surface area contributed by atoms with Crippen molar-refractivity contribution >= 4 is 10.0 Å². The Morgan fingerprint density at radius 3 is 2.33 bits per heavy atom. The Morgan fingerprint density at radius 2 is 1.86 bits per heavy atom. The van der Waals surface area contributed by atoms with Gasteiger partial charge >= 0.3 is 0 Å². The molecule has 110 valence electrons. The van der Waals surface area contributed by atoms with Gasteiger partial charge < -0.3 is 4.57 Å². The van der Waals surface area contributed by atoms with Gasteiger partial charge in [0, 0.05) is 12.7 Å². The van der Waals surface area contributed by atoms with Crippen LogP contribution in [0, 0.1) is 11.3 Å². The van der Waals surface area contributed by atoms with Gasteiger partial charge in [-0.15, -0.1) is 0 Å². The summed E-state index contributed by atoms with van der Waals surface area (Å²) in [6.07, 6.45) is 0.385. The lowest BCUT2D eigenvalue weighted by Gasteiger charge is -2.10. The molecule has 0 aliphatic rings. The molecule has 1 unspecified atom stereocenters. The minimum atomic E-state index is -3.51. The topological polar surface area (TPSA) is 88.9 Å². The normalized spacial score (nSPS) is 12.9. The van der Waals surface area contributed by atoms with E-state index in [9.17, 15) is 8.42 Å². The molecule has 1 atom stereocenters. The second-order valence-corrected chi connectivity index (χ2v) is 7.06. The summed E-state index contributed by atoms with van der Waals surface area (Å²) in [7, 11) is -1.67. The van der Waals surface area contributed by atoms with E-state index in [0.717, 1.165) is 16.8 Å². The SMILES string of the molecule is CC(Cc1ccc(-c2ccc(C#N)n2C)cc1)S(N)(=O)=O. The Balaban J connectivity index is 2.23. The largest absolute Gasteiger partial charge is 0.335 e. The maximum absolute atomic E-state index is 11.2. The lowest BCUT2D eigenvalue weighted by atomic mass is 10.1. The van der Waals surface area contributed by atoms with Crippen LogP contribution in [0.5, 0.6) is 0 Å². The minimum Gasteiger partial charge on any atom is -0.335 e. The van der Waals surface area contributed by atoms with Crippen molar-refractivity contribution in [2.45, 2.75) is 18.6 Å². The number of nitrogens with zero attached hydrogens (tertiary/aromatic N) is 2. The third-order valence-electron chi connectivity index (χ3n) is 3.57. The first-order chi connectivity index (χ1) is 9.82. The fourth-order valence-corrected chi connectivity index (χ4v) is 2.60. The number of aromatic nitrogens is 1. The molecule has 0 spiro atoms. The third-order valence-corrected chi connectivity index (χ3v) is 4.86. The summed E-state index contributed by atoms with van der Waals surface area (Å²) >= 11 is 0. The predicted octanol–water partition coefficient (Wildman–Crippen LogP) is 1.78. The highest BCUT2D eigenvalue weighted by Gasteiger charge is 2.16. The summed E-state index contributed by atoms with van der Waals surface area (Å²) in [5.74, 6) is 0. The molecular formula is C15H17N3O2S. The van der Waals surface area contributed by atoms with Gasteiger partial charge in [0.25, 0.3) is 0 Å². The van der Waals surface area contributed by atoms with Crippen molar-refractivity contribution < 1.29 is 8.42 Å². The molecule has 2 rings (SSSR count). The number of nitrogens with two attached hydrogens (primary N) is 1. The van der Waals surface area contributed by atoms with Crippen LogP contribution in [-0.2, 0) is 23.5 Å². The minimum absolute atomic E-state index is 0.385. The zero-order chi connectivity index (χ0) is 15.6. The lowest BCUT2D eigenvalue weighted by Crippen LogP contribution is -2.27. The number of hydrogen-bond donors (Lipinski definition) is 1. The number of benzene rings is 1. The number of rotatable bonds is 4. The van der Waals surface area contributed by atoms with Gasteiger partial charge in [-0.25, -0.2) is 13.6 Å². The Morgan fingerprint density at radius 1 is 1.24 bits per heavy atom. The molecular weight excluding hydrogens is 286 g/mol. The highest BCUT2D eigenvalue weighted by Crippen LogP contribution is 2.22. The molecule has 2 aromatic rings. The van der Waals surface area contributed by atoms with E-state index >= 15 is 0 Å². The number of nitriles is 1. The molecule has 0 radical (unpaired) electrons. The summed E-state index contributed by atoms with van der Waals surface area (Å²) in [6, 6.07) is 13.4. The Kier molecular flexibility index (Phi) is 4.16. The summed E-state index contributed by atoms with van der Waals surface area (Å²) < 4.78 is 24.3. The van der Waals surface area contributed by atoms with Crippen molar-refractivity contribution in [1.29, 1.82) is 5.26 Å². The van der Waals surface area contributed by atoms with Crippen LogP contribution in [0.2, 0.25) is 0 Å². The van der Waals surface area contributed by atoms with E-state index in [1.807, 2.05) is 41.9 Å². The van der Waals surface area contributed by atoms with Crippen molar-refractivity contribution in [3.63, 3.8) is 0 Å². The molecule has 5 nitrogen and oxygen atoms in total. The van der Waals surface area contributed by atoms with Gasteiger partial charge in [-0.2, -0.15) is 5.26 Å². The van der Waals surface area contributed by atoms with E-state index in [-0.39, 0.29) is 0 Å². The molecule has 0 fully saturated rings. The van der Waals surface area contributed by atoms with Gasteiger partial charge in [0.15, 0.2) is 0 Å². The smallest absolute Gasteiger partial charge is 0.212 e. The second kappa shape index (κ2) is 5.72. The molecule has 0 saturated carbocycles. The van der Waals surface area contributed by atoms with Gasteiger partial charge in [0.05, 0.1) is 5.25 Å². The first kappa shape index (κ1) is 15.3. The Hall–Kier alpha value is -2.10. The zero-order valence-corrected chi connectivity index (χ0v) is 12.8. The van der Waals surface area contributed by atoms with Crippen molar-refractivity contribution in [1.82, 2.24) is 4.57 Å². The molecule has 0 saturated heterocycles. The highest BCUT2D eigenvalue weighted by molar-refractivity contribution is 7.89. The Labute approximate surface area is 124 Å². The maximum atomic E-state index is 11.2. The second-order valence-electron chi connectivity index (χ2n) is 5.08. The molecule has 1 aromatic heterocycles. The summed E-state index contributed by atoms with van der Waals surface area (Å²) in [5, 5.41) is 13.5. The fraction of sp³-hybridized carbons (Fsp3) is 0.267. The molecule has 21 heavy (non-hydrogen) atoms. The van der Waals surface area contributed by atoms with Crippen LogP contribution in [0.25, 0.3) is 11.3 Å². The molecule has 2 N–H and O–H groups in total. The predicted molar refractivity (Wildman–Crippen MR) is 81.8 cm³/mol. The van der Waals surface area contributed by atoms with Crippen LogP contribution in [0.15, 0.2) is 36.4 Å². The number of sulfonamides is 1. The van der Waals surface area contributed by atoms with Gasteiger partial charge in [0.2, 0.25) is 10.0 Å². The molecule has 1 aromatic carbocycles. The third kappa shape index (κ3) is 3.32. The summed E-state index contributed by atoms with van der Waals surface area (Å²) in [4.78, 5) is 0. The summed E-state index contributed by atoms with van der Waals surface area (Å²) in [5.41, 5.74) is 3.43. The summed E-state index contributed by atoms with van der Waals surface area (Å²) in [6.45, 7) is 1.60. The van der Waals surface area contributed by atoms with E-state index in [2.05, 4.69) is 6.07 Å². The first-order valence-electron chi connectivity index (χ1n) is 6.49. The lowest BCUT2D eigenvalue weighted by molar-refractivity contribution is 0.584. The number of primary sulfonamides is 1. The molecule has 0 aliphatic carbocycles. The van der Waals surface area contributed by atoms with Crippen LogP contribution < -0.4 is 5.14 Å². The van der Waals surface area contributed by atoms with Gasteiger partial charge in [-0.1, -0.05) is 24.3 Å². The van der Waals surface area contributed by atoms with E-state index in [1.165, 1.54) is 0 Å². The average molecular weight is 303 g/mol. The van der Waals surface area contributed by atoms with Crippen LogP contribution in [0.3, 0.4) is 0 Å². The van der Waals surface area contributed by atoms with Crippen molar-refractivity contribution in [3.8, 4) is 17.3 Å². The molecule has 1 heterocycles. The van der Waals surface area contributed by atoms with Crippen molar-refractivity contribution in [3.05, 3.63) is 47.7 Å². The fourth-order valence-electron chi connectivity index (χ4n) is 2.17. The molecule has 0 amide bonds. The van der Waals surface area contributed by atoms with E-state index in [4.69, 9.17) is 10.4 Å². The van der Waals surface area contributed by atoms with Crippen LogP contribution >= 0.6 is 0 Å².